The van der Waals surface area contributed by atoms with Gasteiger partial charge < -0.3 is 10.2 Å². The number of aromatic amines is 1. The summed E-state index contributed by atoms with van der Waals surface area (Å²) in [5.41, 5.74) is 6.83. The number of nitrogens with zero attached hydrogens (tertiary/aromatic N) is 3. The molecule has 2 aromatic heterocycles. The molecule has 0 fully saturated rings. The average Bonchev–Trinajstić information content (AvgIpc) is 2.96. The molecule has 26 heavy (non-hydrogen) atoms. The van der Waals surface area contributed by atoms with Crippen LogP contribution < -0.4 is 9.72 Å². The molecule has 0 saturated carbocycles. The predicted molar refractivity (Wildman–Crippen MR) is 106 cm³/mol. The van der Waals surface area contributed by atoms with Gasteiger partial charge >= 0.3 is 0 Å². The van der Waals surface area contributed by atoms with Gasteiger partial charge in [0.2, 0.25) is 11.5 Å². The Morgan fingerprint density at radius 3 is 2.73 bits per heavy atom. The minimum Gasteiger partial charge on any atom is -0.306 e. The van der Waals surface area contributed by atoms with E-state index < -0.39 is 0 Å². The van der Waals surface area contributed by atoms with Crippen molar-refractivity contribution in [3.05, 3.63) is 53.1 Å². The lowest BCUT2D eigenvalue weighted by Gasteiger charge is -2.15. The summed E-state index contributed by atoms with van der Waals surface area (Å²) in [6.07, 6.45) is 0.743. The van der Waals surface area contributed by atoms with Crippen LogP contribution in [0.2, 0.25) is 0 Å². The van der Waals surface area contributed by atoms with E-state index in [1.807, 2.05) is 32.0 Å². The lowest BCUT2D eigenvalue weighted by atomic mass is 9.99. The van der Waals surface area contributed by atoms with Crippen molar-refractivity contribution < 1.29 is 4.40 Å². The molecule has 0 unspecified atom stereocenters. The van der Waals surface area contributed by atoms with Crippen LogP contribution in [-0.4, -0.2) is 37.1 Å². The highest BCUT2D eigenvalue weighted by Gasteiger charge is 2.25. The maximum atomic E-state index is 9.81. The first-order valence-corrected chi connectivity index (χ1v) is 8.85. The van der Waals surface area contributed by atoms with E-state index in [4.69, 9.17) is 0 Å². The Bertz CT molecular complexity index is 1020. The summed E-state index contributed by atoms with van der Waals surface area (Å²) in [6.45, 7) is 9.89. The highest BCUT2D eigenvalue weighted by Crippen LogP contribution is 2.27. The van der Waals surface area contributed by atoms with E-state index >= 15 is 0 Å². The van der Waals surface area contributed by atoms with Crippen molar-refractivity contribution in [3.8, 4) is 6.07 Å². The van der Waals surface area contributed by atoms with Gasteiger partial charge in [0.25, 0.3) is 0 Å². The number of allylic oxidation sites excluding steroid dienone is 1. The van der Waals surface area contributed by atoms with Gasteiger partial charge in [-0.1, -0.05) is 24.3 Å². The molecule has 2 heterocycles. The predicted octanol–water partition coefficient (Wildman–Crippen LogP) is 3.18. The van der Waals surface area contributed by atoms with Gasteiger partial charge in [0.1, 0.15) is 22.7 Å². The van der Waals surface area contributed by atoms with Crippen molar-refractivity contribution >= 4 is 22.5 Å². The molecular weight excluding hydrogens is 322 g/mol. The Morgan fingerprint density at radius 1 is 1.35 bits per heavy atom. The summed E-state index contributed by atoms with van der Waals surface area (Å²) in [7, 11) is 4.13. The smallest absolute Gasteiger partial charge is 0.250 e. The van der Waals surface area contributed by atoms with Crippen LogP contribution in [0.5, 0.6) is 0 Å². The minimum absolute atomic E-state index is 0.690. The fraction of sp³-hybridized carbons (Fsp3) is 0.333. The number of nitriles is 1. The van der Waals surface area contributed by atoms with Crippen LogP contribution >= 0.6 is 0 Å². The Hall–Kier alpha value is -2.84. The van der Waals surface area contributed by atoms with Gasteiger partial charge in [0.05, 0.1) is 6.54 Å². The second-order valence-corrected chi connectivity index (χ2v) is 7.13. The van der Waals surface area contributed by atoms with Gasteiger partial charge in [-0.3, -0.25) is 4.98 Å². The second kappa shape index (κ2) is 7.19. The fourth-order valence-corrected chi connectivity index (χ4v) is 3.36. The zero-order chi connectivity index (χ0) is 18.8. The molecule has 5 heteroatoms. The van der Waals surface area contributed by atoms with Crippen LogP contribution in [0.1, 0.15) is 23.6 Å². The number of imidazole rings is 1. The normalized spacial score (nSPS) is 11.2. The van der Waals surface area contributed by atoms with E-state index in [-0.39, 0.29) is 0 Å². The minimum atomic E-state index is 0.690. The quantitative estimate of drug-likeness (QED) is 0.531. The number of aromatic nitrogens is 2. The van der Waals surface area contributed by atoms with Crippen LogP contribution in [0.4, 0.5) is 5.82 Å². The number of rotatable bonds is 6. The molecule has 0 spiro atoms. The summed E-state index contributed by atoms with van der Waals surface area (Å²) < 4.78 is 2.15. The Morgan fingerprint density at radius 2 is 2.08 bits per heavy atom. The Kier molecular flexibility index (Phi) is 4.97. The van der Waals surface area contributed by atoms with Crippen LogP contribution in [0.3, 0.4) is 0 Å². The van der Waals surface area contributed by atoms with Crippen molar-refractivity contribution in [1.82, 2.24) is 9.88 Å². The molecule has 0 saturated heterocycles. The van der Waals surface area contributed by atoms with Gasteiger partial charge in [0.15, 0.2) is 0 Å². The van der Waals surface area contributed by atoms with Crippen LogP contribution in [0.25, 0.3) is 16.7 Å². The molecule has 0 aliphatic rings. The maximum absolute atomic E-state index is 9.81. The number of anilines is 1. The molecule has 0 amide bonds. The van der Waals surface area contributed by atoms with Crippen molar-refractivity contribution in [3.63, 3.8) is 0 Å². The topological polar surface area (TPSA) is 59.0 Å². The van der Waals surface area contributed by atoms with E-state index in [1.165, 1.54) is 0 Å². The highest BCUT2D eigenvalue weighted by molar-refractivity contribution is 5.78. The first-order chi connectivity index (χ1) is 12.4. The van der Waals surface area contributed by atoms with Crippen LogP contribution in [-0.2, 0) is 6.42 Å². The summed E-state index contributed by atoms with van der Waals surface area (Å²) in [5, 5.41) is 13.4. The molecule has 0 aliphatic carbocycles. The van der Waals surface area contributed by atoms with Gasteiger partial charge in [-0.05, 0) is 52.1 Å². The largest absolute Gasteiger partial charge is 0.306 e. The number of para-hydroxylation sites is 2. The molecular formula is C21H26N5+. The molecule has 0 aliphatic heterocycles. The number of hydrogen-bond donors (Lipinski definition) is 2. The number of nitrogens with one attached hydrogen (secondary N) is 2. The van der Waals surface area contributed by atoms with E-state index in [0.29, 0.717) is 5.56 Å². The van der Waals surface area contributed by atoms with Crippen molar-refractivity contribution in [2.45, 2.75) is 20.3 Å². The van der Waals surface area contributed by atoms with E-state index in [0.717, 1.165) is 58.7 Å². The summed E-state index contributed by atoms with van der Waals surface area (Å²) in [5.74, 6) is 1.04. The van der Waals surface area contributed by atoms with Crippen molar-refractivity contribution in [1.29, 1.82) is 5.26 Å². The van der Waals surface area contributed by atoms with Crippen molar-refractivity contribution in [2.75, 3.05) is 32.5 Å². The second-order valence-electron chi connectivity index (χ2n) is 7.13. The van der Waals surface area contributed by atoms with E-state index in [1.54, 1.807) is 0 Å². The monoisotopic (exact) mass is 348 g/mol. The number of H-pyrrole nitrogens is 1. The Balaban J connectivity index is 2.34. The zero-order valence-corrected chi connectivity index (χ0v) is 16.0. The fourth-order valence-electron chi connectivity index (χ4n) is 3.36. The van der Waals surface area contributed by atoms with E-state index in [2.05, 4.69) is 52.4 Å². The molecule has 2 N–H and O–H groups in total. The third kappa shape index (κ3) is 3.16. The SMILES string of the molecule is C=C(C)Cc1c(C)c(C#N)c2[nH]c3ccccc3[n+]2c1NCCN(C)C. The molecule has 5 nitrogen and oxygen atoms in total. The van der Waals surface area contributed by atoms with E-state index in [9.17, 15) is 5.26 Å². The number of benzene rings is 1. The number of hydrogen-bond acceptors (Lipinski definition) is 3. The van der Waals surface area contributed by atoms with Gasteiger partial charge in [0, 0.05) is 12.1 Å². The maximum Gasteiger partial charge on any atom is 0.250 e. The first kappa shape index (κ1) is 18.0. The molecule has 0 radical (unpaired) electrons. The lowest BCUT2D eigenvalue weighted by molar-refractivity contribution is -0.465. The molecule has 1 aromatic carbocycles. The van der Waals surface area contributed by atoms with Gasteiger partial charge in [-0.15, -0.1) is 0 Å². The molecule has 3 rings (SSSR count). The van der Waals surface area contributed by atoms with Crippen LogP contribution in [0, 0.1) is 18.3 Å². The summed E-state index contributed by atoms with van der Waals surface area (Å²) >= 11 is 0. The summed E-state index contributed by atoms with van der Waals surface area (Å²) in [4.78, 5) is 5.58. The molecule has 3 aromatic rings. The molecule has 134 valence electrons. The number of fused-ring (bicyclic) bond motifs is 3. The third-order valence-electron chi connectivity index (χ3n) is 4.64. The van der Waals surface area contributed by atoms with Crippen LogP contribution in [0.15, 0.2) is 36.4 Å². The molecule has 0 atom stereocenters. The zero-order valence-electron chi connectivity index (χ0n) is 16.0. The van der Waals surface area contributed by atoms with Gasteiger partial charge in [-0.25, -0.2) is 0 Å². The standard InChI is InChI=1S/C21H25N5/c1-14(2)12-16-15(3)17(13-22)21-24-18-8-6-7-9-19(18)26(21)20(16)23-10-11-25(4)5/h6-9H,1,10-12H2,2-5H3,(H,23,24)/p+1. The lowest BCUT2D eigenvalue weighted by Crippen LogP contribution is -2.32. The first-order valence-electron chi connectivity index (χ1n) is 8.85. The van der Waals surface area contributed by atoms with Gasteiger partial charge in [-0.2, -0.15) is 9.66 Å². The van der Waals surface area contributed by atoms with Crippen molar-refractivity contribution in [2.24, 2.45) is 0 Å². The number of likely N-dealkylation sites (N-methyl/N-ethyl adjacent to an activating group) is 1. The summed E-state index contributed by atoms with van der Waals surface area (Å²) in [6, 6.07) is 10.5. The highest BCUT2D eigenvalue weighted by atomic mass is 15.1. The third-order valence-corrected chi connectivity index (χ3v) is 4.64. The average molecular weight is 348 g/mol. The number of pyridine rings is 1. The molecule has 0 bridgehead atoms. The Labute approximate surface area is 154 Å².